The van der Waals surface area contributed by atoms with E-state index in [0.29, 0.717) is 13.1 Å². The second kappa shape index (κ2) is 8.95. The number of nitrogens with one attached hydrogen (secondary N) is 1. The molecular formula is C23H24FN3O. The van der Waals surface area contributed by atoms with Crippen LogP contribution in [0.25, 0.3) is 11.1 Å². The number of benzene rings is 2. The lowest BCUT2D eigenvalue weighted by molar-refractivity contribution is 0.122. The Balaban J connectivity index is 1.33. The summed E-state index contributed by atoms with van der Waals surface area (Å²) in [5.41, 5.74) is 5.38. The van der Waals surface area contributed by atoms with Gasteiger partial charge in [-0.1, -0.05) is 30.3 Å². The number of halogens is 1. The van der Waals surface area contributed by atoms with Crippen molar-refractivity contribution in [2.24, 2.45) is 0 Å². The lowest BCUT2D eigenvalue weighted by Crippen LogP contribution is -2.36. The van der Waals surface area contributed by atoms with E-state index in [2.05, 4.69) is 45.5 Å². The van der Waals surface area contributed by atoms with Crippen LogP contribution in [0.3, 0.4) is 0 Å². The largest absolute Gasteiger partial charge is 0.378 e. The van der Waals surface area contributed by atoms with Crippen molar-refractivity contribution in [1.29, 1.82) is 0 Å². The summed E-state index contributed by atoms with van der Waals surface area (Å²) in [5.74, 6) is -0.207. The number of hydrogen-bond donors (Lipinski definition) is 1. The quantitative estimate of drug-likeness (QED) is 0.704. The Morgan fingerprint density at radius 2 is 1.71 bits per heavy atom. The molecule has 4 rings (SSSR count). The van der Waals surface area contributed by atoms with Gasteiger partial charge in [-0.3, -0.25) is 4.98 Å². The summed E-state index contributed by atoms with van der Waals surface area (Å²) in [4.78, 5) is 6.90. The molecule has 4 nitrogen and oxygen atoms in total. The molecule has 0 unspecified atom stereocenters. The Morgan fingerprint density at radius 3 is 2.43 bits per heavy atom. The molecule has 5 heteroatoms. The van der Waals surface area contributed by atoms with Crippen molar-refractivity contribution in [3.05, 3.63) is 83.9 Å². The van der Waals surface area contributed by atoms with Gasteiger partial charge < -0.3 is 15.0 Å². The minimum atomic E-state index is -0.207. The van der Waals surface area contributed by atoms with Gasteiger partial charge in [-0.05, 0) is 41.5 Å². The Morgan fingerprint density at radius 1 is 0.929 bits per heavy atom. The van der Waals surface area contributed by atoms with Crippen LogP contribution in [0.2, 0.25) is 0 Å². The Bertz CT molecular complexity index is 890. The van der Waals surface area contributed by atoms with Crippen molar-refractivity contribution in [3.63, 3.8) is 0 Å². The number of aromatic nitrogens is 1. The van der Waals surface area contributed by atoms with E-state index in [-0.39, 0.29) is 5.82 Å². The van der Waals surface area contributed by atoms with Gasteiger partial charge in [0.25, 0.3) is 0 Å². The summed E-state index contributed by atoms with van der Waals surface area (Å²) < 4.78 is 18.6. The fraction of sp³-hybridized carbons (Fsp3) is 0.261. The van der Waals surface area contributed by atoms with Gasteiger partial charge in [-0.25, -0.2) is 4.39 Å². The molecule has 0 spiro atoms. The third-order valence-electron chi connectivity index (χ3n) is 4.93. The number of rotatable bonds is 6. The van der Waals surface area contributed by atoms with Crippen molar-refractivity contribution in [3.8, 4) is 11.1 Å². The average molecular weight is 377 g/mol. The SMILES string of the molecule is Fc1cccc(CNCc2ccc(-c3ccc(N4CCOCC4)cc3)cn2)c1. The lowest BCUT2D eigenvalue weighted by atomic mass is 10.1. The van der Waals surface area contributed by atoms with Crippen LogP contribution < -0.4 is 10.2 Å². The summed E-state index contributed by atoms with van der Waals surface area (Å²) in [5, 5.41) is 3.30. The lowest BCUT2D eigenvalue weighted by Gasteiger charge is -2.28. The zero-order valence-electron chi connectivity index (χ0n) is 15.8. The van der Waals surface area contributed by atoms with Gasteiger partial charge in [0.05, 0.1) is 18.9 Å². The summed E-state index contributed by atoms with van der Waals surface area (Å²) in [6.07, 6.45) is 1.91. The first kappa shape index (κ1) is 18.6. The highest BCUT2D eigenvalue weighted by molar-refractivity contribution is 5.65. The first-order chi connectivity index (χ1) is 13.8. The molecule has 0 saturated carbocycles. The molecule has 2 aromatic carbocycles. The molecule has 0 bridgehead atoms. The second-order valence-corrected chi connectivity index (χ2v) is 6.92. The molecule has 1 aromatic heterocycles. The van der Waals surface area contributed by atoms with E-state index in [1.165, 1.54) is 11.8 Å². The third kappa shape index (κ3) is 4.74. The number of hydrogen-bond acceptors (Lipinski definition) is 4. The van der Waals surface area contributed by atoms with Gasteiger partial charge in [-0.2, -0.15) is 0 Å². The molecule has 144 valence electrons. The number of anilines is 1. The maximum absolute atomic E-state index is 13.2. The van der Waals surface area contributed by atoms with Gasteiger partial charge in [0.15, 0.2) is 0 Å². The molecule has 1 aliphatic rings. The highest BCUT2D eigenvalue weighted by Gasteiger charge is 2.11. The zero-order chi connectivity index (χ0) is 19.2. The van der Waals surface area contributed by atoms with E-state index < -0.39 is 0 Å². The van der Waals surface area contributed by atoms with Crippen molar-refractivity contribution in [1.82, 2.24) is 10.3 Å². The molecule has 28 heavy (non-hydrogen) atoms. The van der Waals surface area contributed by atoms with Crippen molar-refractivity contribution in [2.45, 2.75) is 13.1 Å². The monoisotopic (exact) mass is 377 g/mol. The van der Waals surface area contributed by atoms with Gasteiger partial charge >= 0.3 is 0 Å². The smallest absolute Gasteiger partial charge is 0.123 e. The van der Waals surface area contributed by atoms with Crippen LogP contribution in [0.5, 0.6) is 0 Å². The molecule has 0 amide bonds. The Hall–Kier alpha value is -2.76. The molecular weight excluding hydrogens is 353 g/mol. The van der Waals surface area contributed by atoms with Gasteiger partial charge in [0.1, 0.15) is 5.82 Å². The number of ether oxygens (including phenoxy) is 1. The van der Waals surface area contributed by atoms with Crippen LogP contribution in [0.4, 0.5) is 10.1 Å². The fourth-order valence-electron chi connectivity index (χ4n) is 3.37. The predicted molar refractivity (Wildman–Crippen MR) is 110 cm³/mol. The first-order valence-electron chi connectivity index (χ1n) is 9.61. The second-order valence-electron chi connectivity index (χ2n) is 6.92. The minimum Gasteiger partial charge on any atom is -0.378 e. The standard InChI is InChI=1S/C23H24FN3O/c24-21-3-1-2-18(14-21)15-25-17-22-7-4-20(16-26-22)19-5-8-23(9-6-19)27-10-12-28-13-11-27/h1-9,14,16,25H,10-13,15,17H2. The van der Waals surface area contributed by atoms with Crippen LogP contribution >= 0.6 is 0 Å². The highest BCUT2D eigenvalue weighted by atomic mass is 19.1. The topological polar surface area (TPSA) is 37.4 Å². The average Bonchev–Trinajstić information content (AvgIpc) is 2.75. The first-order valence-corrected chi connectivity index (χ1v) is 9.61. The van der Waals surface area contributed by atoms with Gasteiger partial charge in [-0.15, -0.1) is 0 Å². The molecule has 2 heterocycles. The Kier molecular flexibility index (Phi) is 5.95. The van der Waals surface area contributed by atoms with Crippen LogP contribution in [-0.4, -0.2) is 31.3 Å². The third-order valence-corrected chi connectivity index (χ3v) is 4.93. The fourth-order valence-corrected chi connectivity index (χ4v) is 3.37. The molecule has 1 saturated heterocycles. The van der Waals surface area contributed by atoms with Crippen LogP contribution in [0.15, 0.2) is 66.9 Å². The van der Waals surface area contributed by atoms with Crippen molar-refractivity contribution >= 4 is 5.69 Å². The predicted octanol–water partition coefficient (Wildman–Crippen LogP) is 4.01. The van der Waals surface area contributed by atoms with Crippen LogP contribution in [0.1, 0.15) is 11.3 Å². The summed E-state index contributed by atoms with van der Waals surface area (Å²) in [7, 11) is 0. The van der Waals surface area contributed by atoms with E-state index in [0.717, 1.165) is 48.7 Å². The summed E-state index contributed by atoms with van der Waals surface area (Å²) in [6, 6.07) is 19.4. The molecule has 1 N–H and O–H groups in total. The minimum absolute atomic E-state index is 0.207. The van der Waals surface area contributed by atoms with E-state index >= 15 is 0 Å². The molecule has 0 radical (unpaired) electrons. The summed E-state index contributed by atoms with van der Waals surface area (Å²) >= 11 is 0. The van der Waals surface area contributed by atoms with Crippen molar-refractivity contribution < 1.29 is 9.13 Å². The number of nitrogens with zero attached hydrogens (tertiary/aromatic N) is 2. The van der Waals surface area contributed by atoms with Crippen molar-refractivity contribution in [2.75, 3.05) is 31.2 Å². The molecule has 1 fully saturated rings. The molecule has 1 aliphatic heterocycles. The van der Waals surface area contributed by atoms with Crippen LogP contribution in [0, 0.1) is 5.82 Å². The number of morpholine rings is 1. The number of pyridine rings is 1. The maximum Gasteiger partial charge on any atom is 0.123 e. The molecule has 0 aliphatic carbocycles. The maximum atomic E-state index is 13.2. The molecule has 0 atom stereocenters. The Labute approximate surface area is 165 Å². The van der Waals surface area contributed by atoms with E-state index in [1.807, 2.05) is 18.3 Å². The zero-order valence-corrected chi connectivity index (χ0v) is 15.8. The van der Waals surface area contributed by atoms with E-state index in [9.17, 15) is 4.39 Å². The summed E-state index contributed by atoms with van der Waals surface area (Å²) in [6.45, 7) is 4.73. The van der Waals surface area contributed by atoms with Gasteiger partial charge in [0.2, 0.25) is 0 Å². The van der Waals surface area contributed by atoms with Crippen LogP contribution in [-0.2, 0) is 17.8 Å². The van der Waals surface area contributed by atoms with Gasteiger partial charge in [0, 0.05) is 43.6 Å². The van der Waals surface area contributed by atoms with E-state index in [4.69, 9.17) is 4.74 Å². The van der Waals surface area contributed by atoms with E-state index in [1.54, 1.807) is 12.1 Å². The highest BCUT2D eigenvalue weighted by Crippen LogP contribution is 2.23. The normalized spacial score (nSPS) is 14.2. The molecule has 3 aromatic rings.